The van der Waals surface area contributed by atoms with Gasteiger partial charge in [-0.05, 0) is 38.7 Å². The van der Waals surface area contributed by atoms with E-state index >= 15 is 0 Å². The molecule has 5 nitrogen and oxygen atoms in total. The number of amides is 1. The summed E-state index contributed by atoms with van der Waals surface area (Å²) in [5.41, 5.74) is 0.475. The number of ether oxygens (including phenoxy) is 2. The summed E-state index contributed by atoms with van der Waals surface area (Å²) in [4.78, 5) is 23.4. The fourth-order valence-electron chi connectivity index (χ4n) is 2.16. The van der Waals surface area contributed by atoms with Crippen LogP contribution < -0.4 is 5.32 Å². The summed E-state index contributed by atoms with van der Waals surface area (Å²) in [6.45, 7) is 5.77. The number of hydrogen-bond acceptors (Lipinski definition) is 4. The second kappa shape index (κ2) is 6.81. The normalized spacial score (nSPS) is 20.1. The van der Waals surface area contributed by atoms with E-state index in [0.29, 0.717) is 6.42 Å². The van der Waals surface area contributed by atoms with Crippen molar-refractivity contribution in [2.75, 3.05) is 0 Å². The fourth-order valence-corrected chi connectivity index (χ4v) is 2.16. The average molecular weight is 305 g/mol. The Labute approximate surface area is 131 Å². The van der Waals surface area contributed by atoms with Crippen LogP contribution in [0.1, 0.15) is 39.2 Å². The van der Waals surface area contributed by atoms with Crippen molar-refractivity contribution >= 4 is 12.1 Å². The van der Waals surface area contributed by atoms with E-state index in [1.165, 1.54) is 0 Å². The van der Waals surface area contributed by atoms with Crippen LogP contribution in [0, 0.1) is 5.92 Å². The molecule has 0 saturated heterocycles. The number of rotatable bonds is 5. The third-order valence-corrected chi connectivity index (χ3v) is 3.29. The van der Waals surface area contributed by atoms with E-state index < -0.39 is 11.7 Å². The zero-order chi connectivity index (χ0) is 16.2. The number of carbonyl (C=O) groups excluding carboxylic acids is 2. The van der Waals surface area contributed by atoms with Gasteiger partial charge in [-0.1, -0.05) is 30.3 Å². The zero-order valence-electron chi connectivity index (χ0n) is 13.3. The summed E-state index contributed by atoms with van der Waals surface area (Å²) in [5.74, 6) is -0.0708. The van der Waals surface area contributed by atoms with Gasteiger partial charge in [-0.3, -0.25) is 4.79 Å². The summed E-state index contributed by atoms with van der Waals surface area (Å²) in [7, 11) is 0. The predicted molar refractivity (Wildman–Crippen MR) is 82.1 cm³/mol. The lowest BCUT2D eigenvalue weighted by molar-refractivity contribution is -0.155. The molecule has 1 N–H and O–H groups in total. The molecule has 1 amide bonds. The van der Waals surface area contributed by atoms with Gasteiger partial charge >= 0.3 is 12.1 Å². The maximum atomic E-state index is 11.7. The molecule has 0 heterocycles. The van der Waals surface area contributed by atoms with Crippen molar-refractivity contribution in [2.45, 2.75) is 51.9 Å². The van der Waals surface area contributed by atoms with Crippen molar-refractivity contribution < 1.29 is 19.1 Å². The Kier molecular flexibility index (Phi) is 5.06. The van der Waals surface area contributed by atoms with Crippen LogP contribution in [0.25, 0.3) is 0 Å². The first-order valence-electron chi connectivity index (χ1n) is 7.52. The monoisotopic (exact) mass is 305 g/mol. The summed E-state index contributed by atoms with van der Waals surface area (Å²) < 4.78 is 10.4. The van der Waals surface area contributed by atoms with Crippen molar-refractivity contribution in [1.29, 1.82) is 0 Å². The number of nitrogens with one attached hydrogen (secondary N) is 1. The molecule has 0 radical (unpaired) electrons. The predicted octanol–water partition coefficient (Wildman–Crippen LogP) is 3.03. The molecule has 2 atom stereocenters. The lowest BCUT2D eigenvalue weighted by atomic mass is 10.2. The Morgan fingerprint density at radius 3 is 2.55 bits per heavy atom. The van der Waals surface area contributed by atoms with E-state index in [1.807, 2.05) is 51.1 Å². The maximum Gasteiger partial charge on any atom is 0.407 e. The lowest BCUT2D eigenvalue weighted by Gasteiger charge is -2.19. The van der Waals surface area contributed by atoms with E-state index in [1.54, 1.807) is 0 Å². The first-order valence-corrected chi connectivity index (χ1v) is 7.52. The molecule has 120 valence electrons. The first-order chi connectivity index (χ1) is 10.3. The summed E-state index contributed by atoms with van der Waals surface area (Å²) in [5, 5.41) is 2.77. The Hall–Kier alpha value is -2.04. The van der Waals surface area contributed by atoms with Crippen molar-refractivity contribution in [2.24, 2.45) is 5.92 Å². The van der Waals surface area contributed by atoms with Crippen molar-refractivity contribution in [3.8, 4) is 0 Å². The van der Waals surface area contributed by atoms with Gasteiger partial charge in [0.05, 0.1) is 6.42 Å². The summed E-state index contributed by atoms with van der Waals surface area (Å²) in [6, 6.07) is 9.51. The molecule has 0 bridgehead atoms. The van der Waals surface area contributed by atoms with Crippen LogP contribution in [0.5, 0.6) is 0 Å². The molecule has 0 unspecified atom stereocenters. The molecule has 1 aliphatic carbocycles. The van der Waals surface area contributed by atoms with Gasteiger partial charge in [0.2, 0.25) is 0 Å². The van der Waals surface area contributed by atoms with Crippen LogP contribution in [-0.2, 0) is 20.9 Å². The molecule has 1 saturated carbocycles. The SMILES string of the molecule is CC(C)(C)OC(=O)C[C@H]1C[C@@H]1NC(=O)OCc1ccccc1. The highest BCUT2D eigenvalue weighted by atomic mass is 16.6. The number of alkyl carbamates (subject to hydrolysis) is 1. The van der Waals surface area contributed by atoms with Gasteiger partial charge in [0, 0.05) is 6.04 Å². The third-order valence-electron chi connectivity index (χ3n) is 3.29. The second-order valence-corrected chi connectivity index (χ2v) is 6.60. The molecule has 1 aliphatic rings. The summed E-state index contributed by atoms with van der Waals surface area (Å²) >= 11 is 0. The van der Waals surface area contributed by atoms with Gasteiger partial charge in [-0.2, -0.15) is 0 Å². The number of hydrogen-bond donors (Lipinski definition) is 1. The van der Waals surface area contributed by atoms with Crippen LogP contribution in [-0.4, -0.2) is 23.7 Å². The zero-order valence-corrected chi connectivity index (χ0v) is 13.3. The molecule has 1 aromatic rings. The van der Waals surface area contributed by atoms with Gasteiger partial charge in [0.1, 0.15) is 12.2 Å². The summed E-state index contributed by atoms with van der Waals surface area (Å²) in [6.07, 6.45) is 0.682. The van der Waals surface area contributed by atoms with Gasteiger partial charge < -0.3 is 14.8 Å². The van der Waals surface area contributed by atoms with E-state index in [-0.39, 0.29) is 24.5 Å². The lowest BCUT2D eigenvalue weighted by Crippen LogP contribution is -2.28. The average Bonchev–Trinajstić information content (AvgIpc) is 3.13. The van der Waals surface area contributed by atoms with Crippen LogP contribution in [0.2, 0.25) is 0 Å². The Balaban J connectivity index is 1.64. The molecular formula is C17H23NO4. The topological polar surface area (TPSA) is 64.6 Å². The minimum atomic E-state index is -0.469. The molecular weight excluding hydrogens is 282 g/mol. The number of esters is 1. The van der Waals surface area contributed by atoms with E-state index in [9.17, 15) is 9.59 Å². The van der Waals surface area contributed by atoms with Gasteiger partial charge in [0.25, 0.3) is 0 Å². The van der Waals surface area contributed by atoms with E-state index in [4.69, 9.17) is 9.47 Å². The Morgan fingerprint density at radius 1 is 1.23 bits per heavy atom. The van der Waals surface area contributed by atoms with Gasteiger partial charge in [-0.25, -0.2) is 4.79 Å². The number of benzene rings is 1. The molecule has 0 spiro atoms. The first kappa shape index (κ1) is 16.3. The number of carbonyl (C=O) groups is 2. The van der Waals surface area contributed by atoms with Gasteiger partial charge in [0.15, 0.2) is 0 Å². The van der Waals surface area contributed by atoms with Crippen LogP contribution in [0.3, 0.4) is 0 Å². The second-order valence-electron chi connectivity index (χ2n) is 6.60. The molecule has 1 aromatic carbocycles. The minimum absolute atomic E-state index is 0.00999. The molecule has 1 fully saturated rings. The van der Waals surface area contributed by atoms with Gasteiger partial charge in [-0.15, -0.1) is 0 Å². The van der Waals surface area contributed by atoms with E-state index in [2.05, 4.69) is 5.32 Å². The Morgan fingerprint density at radius 2 is 1.91 bits per heavy atom. The van der Waals surface area contributed by atoms with Crippen LogP contribution >= 0.6 is 0 Å². The molecule has 5 heteroatoms. The highest BCUT2D eigenvalue weighted by Crippen LogP contribution is 2.34. The minimum Gasteiger partial charge on any atom is -0.460 e. The van der Waals surface area contributed by atoms with Crippen molar-refractivity contribution in [1.82, 2.24) is 5.32 Å². The van der Waals surface area contributed by atoms with Crippen LogP contribution in [0.15, 0.2) is 30.3 Å². The van der Waals surface area contributed by atoms with Crippen LogP contribution in [0.4, 0.5) is 4.79 Å². The third kappa shape index (κ3) is 5.76. The molecule has 2 rings (SSSR count). The largest absolute Gasteiger partial charge is 0.460 e. The molecule has 22 heavy (non-hydrogen) atoms. The highest BCUT2D eigenvalue weighted by Gasteiger charge is 2.41. The van der Waals surface area contributed by atoms with E-state index in [0.717, 1.165) is 12.0 Å². The molecule has 0 aliphatic heterocycles. The smallest absolute Gasteiger partial charge is 0.407 e. The Bertz CT molecular complexity index is 521. The fraction of sp³-hybridized carbons (Fsp3) is 0.529. The highest BCUT2D eigenvalue weighted by molar-refractivity contribution is 5.72. The maximum absolute atomic E-state index is 11.7. The molecule has 0 aromatic heterocycles. The van der Waals surface area contributed by atoms with Crippen molar-refractivity contribution in [3.05, 3.63) is 35.9 Å². The standard InChI is InChI=1S/C17H23NO4/c1-17(2,3)22-15(19)10-13-9-14(13)18-16(20)21-11-12-7-5-4-6-8-12/h4-8,13-14H,9-11H2,1-3H3,(H,18,20)/t13-,14+/m1/s1. The quantitative estimate of drug-likeness (QED) is 0.849. The van der Waals surface area contributed by atoms with Crippen molar-refractivity contribution in [3.63, 3.8) is 0 Å².